The van der Waals surface area contributed by atoms with Gasteiger partial charge in [0.05, 0.1) is 10.9 Å². The Morgan fingerprint density at radius 3 is 2.44 bits per heavy atom. The molecule has 0 saturated heterocycles. The Labute approximate surface area is 179 Å². The monoisotopic (exact) mass is 513 g/mol. The maximum absolute atomic E-state index is 11.9. The maximum atomic E-state index is 11.9. The zero-order valence-corrected chi connectivity index (χ0v) is 18.3. The van der Waals surface area contributed by atoms with Crippen molar-refractivity contribution in [3.63, 3.8) is 0 Å². The fraction of sp³-hybridized carbons (Fsp3) is 0.167. The minimum Gasteiger partial charge on any atom is -0.482 e. The number of carbonyl (C=O) groups excluding carboxylic acids is 2. The third kappa shape index (κ3) is 7.28. The molecule has 0 radical (unpaired) electrons. The van der Waals surface area contributed by atoms with E-state index >= 15 is 0 Å². The predicted octanol–water partition coefficient (Wildman–Crippen LogP) is 3.16. The second-order valence-corrected chi connectivity index (χ2v) is 7.71. The van der Waals surface area contributed by atoms with Crippen LogP contribution in [0.4, 0.5) is 0 Å². The van der Waals surface area contributed by atoms with Crippen LogP contribution in [0.5, 0.6) is 5.75 Å². The molecule has 0 atom stereocenters. The molecule has 2 rings (SSSR count). The first-order chi connectivity index (χ1) is 12.8. The molecule has 0 aromatic heterocycles. The van der Waals surface area contributed by atoms with E-state index in [0.29, 0.717) is 5.75 Å². The highest BCUT2D eigenvalue weighted by molar-refractivity contribution is 9.11. The van der Waals surface area contributed by atoms with Crippen LogP contribution >= 0.6 is 44.1 Å². The number of carbonyl (C=O) groups is 2. The lowest BCUT2D eigenvalue weighted by molar-refractivity contribution is -0.124. The molecule has 2 aromatic rings. The molecule has 0 unspecified atom stereocenters. The van der Waals surface area contributed by atoms with E-state index in [4.69, 9.17) is 17.0 Å². The van der Waals surface area contributed by atoms with Gasteiger partial charge in [0.25, 0.3) is 5.91 Å². The van der Waals surface area contributed by atoms with Gasteiger partial charge in [0.15, 0.2) is 11.7 Å². The summed E-state index contributed by atoms with van der Waals surface area (Å²) in [5.41, 5.74) is 6.59. The first kappa shape index (κ1) is 21.3. The standard InChI is InChI=1S/C18H17Br2N3O3S/c1-11-7-13(19)9-14(20)17(11)26-10-16(25)22-23-18(27)21-15(24)8-12-5-3-2-4-6-12/h2-7,9H,8,10H2,1H3,(H,22,25)(H2,21,23,24,27). The molecule has 0 bridgehead atoms. The molecule has 0 saturated carbocycles. The number of aryl methyl sites for hydroxylation is 1. The summed E-state index contributed by atoms with van der Waals surface area (Å²) in [5, 5.41) is 2.50. The van der Waals surface area contributed by atoms with Crippen LogP contribution < -0.4 is 20.9 Å². The highest BCUT2D eigenvalue weighted by Crippen LogP contribution is 2.32. The van der Waals surface area contributed by atoms with Gasteiger partial charge in [-0.3, -0.25) is 20.4 Å². The van der Waals surface area contributed by atoms with Gasteiger partial charge in [0.2, 0.25) is 5.91 Å². The average Bonchev–Trinajstić information content (AvgIpc) is 2.59. The lowest BCUT2D eigenvalue weighted by Crippen LogP contribution is -2.50. The van der Waals surface area contributed by atoms with Crippen molar-refractivity contribution in [2.45, 2.75) is 13.3 Å². The van der Waals surface area contributed by atoms with Crippen molar-refractivity contribution in [1.82, 2.24) is 16.2 Å². The fourth-order valence-corrected chi connectivity index (χ4v) is 3.87. The maximum Gasteiger partial charge on any atom is 0.276 e. The number of nitrogens with one attached hydrogen (secondary N) is 3. The predicted molar refractivity (Wildman–Crippen MR) is 114 cm³/mol. The number of hydrogen-bond acceptors (Lipinski definition) is 4. The number of hydrogen-bond donors (Lipinski definition) is 3. The van der Waals surface area contributed by atoms with Crippen LogP contribution in [0.15, 0.2) is 51.4 Å². The highest BCUT2D eigenvalue weighted by Gasteiger charge is 2.11. The van der Waals surface area contributed by atoms with Crippen LogP contribution in [-0.4, -0.2) is 23.5 Å². The van der Waals surface area contributed by atoms with Gasteiger partial charge in [-0.25, -0.2) is 0 Å². The minimum atomic E-state index is -0.441. The molecule has 0 fully saturated rings. The Morgan fingerprint density at radius 2 is 1.78 bits per heavy atom. The van der Waals surface area contributed by atoms with Gasteiger partial charge in [0, 0.05) is 4.47 Å². The van der Waals surface area contributed by atoms with E-state index in [1.165, 1.54) is 0 Å². The van der Waals surface area contributed by atoms with Crippen molar-refractivity contribution in [2.24, 2.45) is 0 Å². The van der Waals surface area contributed by atoms with Crippen LogP contribution in [-0.2, 0) is 16.0 Å². The Kier molecular flexibility index (Phi) is 8.21. The lowest BCUT2D eigenvalue weighted by Gasteiger charge is -2.13. The molecule has 9 heteroatoms. The van der Waals surface area contributed by atoms with Crippen LogP contribution in [0, 0.1) is 6.92 Å². The van der Waals surface area contributed by atoms with Crippen LogP contribution in [0.3, 0.4) is 0 Å². The van der Waals surface area contributed by atoms with Crippen LogP contribution in [0.1, 0.15) is 11.1 Å². The topological polar surface area (TPSA) is 79.5 Å². The van der Waals surface area contributed by atoms with E-state index < -0.39 is 5.91 Å². The Morgan fingerprint density at radius 1 is 1.07 bits per heavy atom. The molecule has 0 aliphatic rings. The molecular formula is C18H17Br2N3O3S. The van der Waals surface area contributed by atoms with Crippen molar-refractivity contribution in [1.29, 1.82) is 0 Å². The molecule has 2 aromatic carbocycles. The zero-order chi connectivity index (χ0) is 19.8. The smallest absolute Gasteiger partial charge is 0.276 e. The van der Waals surface area contributed by atoms with Gasteiger partial charge in [-0.05, 0) is 58.3 Å². The van der Waals surface area contributed by atoms with Crippen molar-refractivity contribution >= 4 is 61.0 Å². The summed E-state index contributed by atoms with van der Waals surface area (Å²) in [7, 11) is 0. The highest BCUT2D eigenvalue weighted by atomic mass is 79.9. The Bertz CT molecular complexity index is 824. The van der Waals surface area contributed by atoms with Gasteiger partial charge in [0.1, 0.15) is 5.75 Å². The van der Waals surface area contributed by atoms with Gasteiger partial charge in [-0.2, -0.15) is 0 Å². The normalized spacial score (nSPS) is 10.0. The third-order valence-electron chi connectivity index (χ3n) is 3.32. The first-order valence-corrected chi connectivity index (χ1v) is 9.85. The second kappa shape index (κ2) is 10.4. The number of benzene rings is 2. The SMILES string of the molecule is Cc1cc(Br)cc(Br)c1OCC(=O)NNC(=S)NC(=O)Cc1ccccc1. The lowest BCUT2D eigenvalue weighted by atomic mass is 10.1. The summed E-state index contributed by atoms with van der Waals surface area (Å²) in [6.07, 6.45) is 0.191. The molecule has 0 spiro atoms. The van der Waals surface area contributed by atoms with E-state index in [-0.39, 0.29) is 24.0 Å². The molecular weight excluding hydrogens is 498 g/mol. The number of halogens is 2. The van der Waals surface area contributed by atoms with Crippen molar-refractivity contribution in [3.8, 4) is 5.75 Å². The molecule has 6 nitrogen and oxygen atoms in total. The molecule has 27 heavy (non-hydrogen) atoms. The summed E-state index contributed by atoms with van der Waals surface area (Å²) >= 11 is 11.8. The van der Waals surface area contributed by atoms with Gasteiger partial charge in [-0.15, -0.1) is 0 Å². The Balaban J connectivity index is 1.73. The van der Waals surface area contributed by atoms with E-state index in [9.17, 15) is 9.59 Å². The summed E-state index contributed by atoms with van der Waals surface area (Å²) in [6.45, 7) is 1.66. The minimum absolute atomic E-state index is 0.00489. The zero-order valence-electron chi connectivity index (χ0n) is 14.3. The van der Waals surface area contributed by atoms with E-state index in [1.807, 2.05) is 49.4 Å². The number of hydrazine groups is 1. The number of ether oxygens (including phenoxy) is 1. The van der Waals surface area contributed by atoms with E-state index in [1.54, 1.807) is 0 Å². The second-order valence-electron chi connectivity index (χ2n) is 5.54. The summed E-state index contributed by atoms with van der Waals surface area (Å²) in [4.78, 5) is 23.8. The summed E-state index contributed by atoms with van der Waals surface area (Å²) < 4.78 is 7.17. The van der Waals surface area contributed by atoms with E-state index in [2.05, 4.69) is 48.0 Å². The quantitative estimate of drug-likeness (QED) is 0.422. The molecule has 3 N–H and O–H groups in total. The largest absolute Gasteiger partial charge is 0.482 e. The van der Waals surface area contributed by atoms with Gasteiger partial charge >= 0.3 is 0 Å². The first-order valence-electron chi connectivity index (χ1n) is 7.86. The number of amides is 2. The summed E-state index contributed by atoms with van der Waals surface area (Å²) in [5.74, 6) is -0.144. The van der Waals surface area contributed by atoms with Crippen molar-refractivity contribution in [2.75, 3.05) is 6.61 Å². The Hall–Kier alpha value is -1.97. The fourth-order valence-electron chi connectivity index (χ4n) is 2.16. The number of rotatable bonds is 5. The molecule has 0 heterocycles. The molecule has 2 amide bonds. The molecule has 0 aliphatic heterocycles. The van der Waals surface area contributed by atoms with Crippen LogP contribution in [0.2, 0.25) is 0 Å². The molecule has 0 aliphatic carbocycles. The van der Waals surface area contributed by atoms with Crippen LogP contribution in [0.25, 0.3) is 0 Å². The average molecular weight is 515 g/mol. The molecule has 142 valence electrons. The third-order valence-corrected chi connectivity index (χ3v) is 4.57. The van der Waals surface area contributed by atoms with Gasteiger partial charge < -0.3 is 10.1 Å². The van der Waals surface area contributed by atoms with Gasteiger partial charge in [-0.1, -0.05) is 46.3 Å². The number of thiocarbonyl (C=S) groups is 1. The summed E-state index contributed by atoms with van der Waals surface area (Å²) in [6, 6.07) is 13.0. The van der Waals surface area contributed by atoms with Crippen molar-refractivity contribution < 1.29 is 14.3 Å². The van der Waals surface area contributed by atoms with Crippen molar-refractivity contribution in [3.05, 3.63) is 62.5 Å². The van der Waals surface area contributed by atoms with E-state index in [0.717, 1.165) is 20.1 Å².